The average Bonchev–Trinajstić information content (AvgIpc) is 2.56. The van der Waals surface area contributed by atoms with E-state index in [9.17, 15) is 0 Å². The summed E-state index contributed by atoms with van der Waals surface area (Å²) in [5.74, 6) is 0.727. The first-order valence-electron chi connectivity index (χ1n) is 6.78. The van der Waals surface area contributed by atoms with Crippen molar-refractivity contribution in [3.8, 4) is 0 Å². The van der Waals surface area contributed by atoms with E-state index in [2.05, 4.69) is 39.2 Å². The predicted octanol–water partition coefficient (Wildman–Crippen LogP) is 3.88. The van der Waals surface area contributed by atoms with E-state index in [0.717, 1.165) is 5.92 Å². The molecule has 0 saturated heterocycles. The zero-order valence-corrected chi connectivity index (χ0v) is 12.5. The van der Waals surface area contributed by atoms with Crippen LogP contribution in [0.15, 0.2) is 4.99 Å². The van der Waals surface area contributed by atoms with Gasteiger partial charge in [-0.15, -0.1) is 11.3 Å². The van der Waals surface area contributed by atoms with Crippen LogP contribution in [0.3, 0.4) is 0 Å². The largest absolute Gasteiger partial charge is 0.318 e. The van der Waals surface area contributed by atoms with E-state index in [4.69, 9.17) is 4.99 Å². The molecule has 1 aliphatic rings. The van der Waals surface area contributed by atoms with Crippen LogP contribution in [0.25, 0.3) is 0 Å². The van der Waals surface area contributed by atoms with Crippen molar-refractivity contribution in [3.63, 3.8) is 0 Å². The summed E-state index contributed by atoms with van der Waals surface area (Å²) < 4.78 is 2.47. The number of hydrogen-bond acceptors (Lipinski definition) is 2. The van der Waals surface area contributed by atoms with E-state index in [1.165, 1.54) is 24.1 Å². The summed E-state index contributed by atoms with van der Waals surface area (Å²) in [6, 6.07) is 0.910. The molecule has 0 aliphatic heterocycles. The lowest BCUT2D eigenvalue weighted by Crippen LogP contribution is -2.22. The van der Waals surface area contributed by atoms with E-state index in [0.29, 0.717) is 12.1 Å². The van der Waals surface area contributed by atoms with Gasteiger partial charge in [-0.3, -0.25) is 4.99 Å². The van der Waals surface area contributed by atoms with E-state index in [1.54, 1.807) is 10.6 Å². The van der Waals surface area contributed by atoms with Gasteiger partial charge in [-0.2, -0.15) is 0 Å². The van der Waals surface area contributed by atoms with Crippen LogP contribution < -0.4 is 4.80 Å². The highest BCUT2D eigenvalue weighted by Crippen LogP contribution is 2.34. The zero-order chi connectivity index (χ0) is 12.6. The summed E-state index contributed by atoms with van der Waals surface area (Å²) in [4.78, 5) is 7.62. The van der Waals surface area contributed by atoms with Gasteiger partial charge < -0.3 is 4.57 Å². The van der Waals surface area contributed by atoms with E-state index in [1.807, 2.05) is 11.3 Å². The Morgan fingerprint density at radius 3 is 2.59 bits per heavy atom. The lowest BCUT2D eigenvalue weighted by molar-refractivity contribution is 0.507. The molecule has 0 fully saturated rings. The third-order valence-corrected chi connectivity index (χ3v) is 4.71. The van der Waals surface area contributed by atoms with Gasteiger partial charge >= 0.3 is 0 Å². The summed E-state index contributed by atoms with van der Waals surface area (Å²) in [6.45, 7) is 11.2. The Bertz CT molecular complexity index is 451. The molecule has 0 aromatic carbocycles. The second-order valence-electron chi connectivity index (χ2n) is 5.68. The summed E-state index contributed by atoms with van der Waals surface area (Å²) in [7, 11) is 0. The van der Waals surface area contributed by atoms with Crippen molar-refractivity contribution in [2.75, 3.05) is 0 Å². The number of rotatable bonds is 2. The fourth-order valence-electron chi connectivity index (χ4n) is 2.62. The molecule has 1 heterocycles. The van der Waals surface area contributed by atoms with Gasteiger partial charge in [0.25, 0.3) is 0 Å². The minimum atomic E-state index is 0.385. The maximum absolute atomic E-state index is 4.80. The minimum Gasteiger partial charge on any atom is -0.318 e. The lowest BCUT2D eigenvalue weighted by Gasteiger charge is -2.21. The number of fused-ring (bicyclic) bond motifs is 1. The molecule has 0 N–H and O–H groups in total. The normalized spacial score (nSPS) is 21.4. The molecule has 1 aromatic heterocycles. The molecule has 0 amide bonds. The first-order valence-corrected chi connectivity index (χ1v) is 7.60. The highest BCUT2D eigenvalue weighted by molar-refractivity contribution is 7.09. The van der Waals surface area contributed by atoms with Gasteiger partial charge in [-0.05, 0) is 52.9 Å². The number of aromatic nitrogens is 1. The van der Waals surface area contributed by atoms with Crippen LogP contribution in [0.5, 0.6) is 0 Å². The van der Waals surface area contributed by atoms with Crippen molar-refractivity contribution in [1.29, 1.82) is 0 Å². The highest BCUT2D eigenvalue weighted by atomic mass is 32.1. The molecule has 1 unspecified atom stereocenters. The highest BCUT2D eigenvalue weighted by Gasteiger charge is 2.23. The van der Waals surface area contributed by atoms with Crippen molar-refractivity contribution < 1.29 is 0 Å². The minimum absolute atomic E-state index is 0.385. The van der Waals surface area contributed by atoms with Crippen molar-refractivity contribution in [1.82, 2.24) is 4.57 Å². The van der Waals surface area contributed by atoms with Gasteiger partial charge in [0.15, 0.2) is 4.80 Å². The molecule has 1 atom stereocenters. The maximum atomic E-state index is 4.80. The van der Waals surface area contributed by atoms with Crippen molar-refractivity contribution >= 4 is 11.3 Å². The topological polar surface area (TPSA) is 17.3 Å². The van der Waals surface area contributed by atoms with Crippen LogP contribution in [0, 0.1) is 0 Å². The Labute approximate surface area is 108 Å². The van der Waals surface area contributed by atoms with Crippen molar-refractivity contribution in [2.24, 2.45) is 4.99 Å². The van der Waals surface area contributed by atoms with E-state index < -0.39 is 0 Å². The van der Waals surface area contributed by atoms with Gasteiger partial charge in [-0.25, -0.2) is 0 Å². The van der Waals surface area contributed by atoms with Gasteiger partial charge in [-0.1, -0.05) is 6.92 Å². The summed E-state index contributed by atoms with van der Waals surface area (Å²) in [5.41, 5.74) is 1.56. The maximum Gasteiger partial charge on any atom is 0.185 e. The Morgan fingerprint density at radius 1 is 1.29 bits per heavy atom. The monoisotopic (exact) mass is 252 g/mol. The second kappa shape index (κ2) is 4.97. The standard InChI is InChI=1S/C14H24N2S/c1-9(2)15-14-16(10(3)4)12-8-6-7-11(5)13(12)17-14/h9-11H,6-8H2,1-5H3/b15-14+. The summed E-state index contributed by atoms with van der Waals surface area (Å²) in [5, 5.41) is 0. The number of hydrogen-bond donors (Lipinski definition) is 0. The van der Waals surface area contributed by atoms with Crippen molar-refractivity contribution in [2.45, 2.75) is 71.9 Å². The Balaban J connectivity index is 2.61. The molecule has 1 aliphatic carbocycles. The molecule has 2 nitrogen and oxygen atoms in total. The molecule has 1 aromatic rings. The first-order chi connectivity index (χ1) is 8.00. The summed E-state index contributed by atoms with van der Waals surface area (Å²) >= 11 is 1.92. The zero-order valence-electron chi connectivity index (χ0n) is 11.7. The number of nitrogens with zero attached hydrogens (tertiary/aromatic N) is 2. The molecule has 0 spiro atoms. The quantitative estimate of drug-likeness (QED) is 0.760. The number of thiazole rings is 1. The molecular formula is C14H24N2S. The van der Waals surface area contributed by atoms with E-state index in [-0.39, 0.29) is 0 Å². The Hall–Kier alpha value is -0.570. The molecule has 3 heteroatoms. The third-order valence-electron chi connectivity index (χ3n) is 3.37. The molecule has 0 saturated carbocycles. The van der Waals surface area contributed by atoms with E-state index >= 15 is 0 Å². The van der Waals surface area contributed by atoms with Gasteiger partial charge in [0, 0.05) is 22.7 Å². The fourth-order valence-corrected chi connectivity index (χ4v) is 4.13. The third kappa shape index (κ3) is 2.49. The molecule has 0 radical (unpaired) electrons. The lowest BCUT2D eigenvalue weighted by atomic mass is 9.93. The molecule has 96 valence electrons. The average molecular weight is 252 g/mol. The van der Waals surface area contributed by atoms with Crippen LogP contribution in [0.4, 0.5) is 0 Å². The molecular weight excluding hydrogens is 228 g/mol. The van der Waals surface area contributed by atoms with Crippen LogP contribution in [0.1, 0.15) is 70.0 Å². The van der Waals surface area contributed by atoms with Crippen LogP contribution >= 0.6 is 11.3 Å². The predicted molar refractivity (Wildman–Crippen MR) is 74.7 cm³/mol. The van der Waals surface area contributed by atoms with Gasteiger partial charge in [0.1, 0.15) is 0 Å². The summed E-state index contributed by atoms with van der Waals surface area (Å²) in [6.07, 6.45) is 3.91. The molecule has 0 bridgehead atoms. The Kier molecular flexibility index (Phi) is 3.76. The van der Waals surface area contributed by atoms with Crippen molar-refractivity contribution in [3.05, 3.63) is 15.4 Å². The fraction of sp³-hybridized carbons (Fsp3) is 0.786. The van der Waals surface area contributed by atoms with Crippen LogP contribution in [-0.2, 0) is 6.42 Å². The molecule has 17 heavy (non-hydrogen) atoms. The SMILES string of the molecule is CC(C)/N=c1/sc2c(n1C(C)C)CCCC2C. The molecule has 2 rings (SSSR count). The van der Waals surface area contributed by atoms with Gasteiger partial charge in [0.2, 0.25) is 0 Å². The first kappa shape index (κ1) is 12.9. The van der Waals surface area contributed by atoms with Crippen LogP contribution in [0.2, 0.25) is 0 Å². The second-order valence-corrected chi connectivity index (χ2v) is 6.68. The van der Waals surface area contributed by atoms with Gasteiger partial charge in [0.05, 0.1) is 0 Å². The van der Waals surface area contributed by atoms with Crippen LogP contribution in [-0.4, -0.2) is 10.6 Å². The Morgan fingerprint density at radius 2 is 2.00 bits per heavy atom. The smallest absolute Gasteiger partial charge is 0.185 e.